The van der Waals surface area contributed by atoms with E-state index in [0.29, 0.717) is 19.0 Å². The molecule has 1 fully saturated rings. The van der Waals surface area contributed by atoms with Crippen molar-refractivity contribution in [3.8, 4) is 0 Å². The van der Waals surface area contributed by atoms with Crippen molar-refractivity contribution in [1.29, 1.82) is 0 Å². The normalized spacial score (nSPS) is 19.0. The first-order valence-corrected chi connectivity index (χ1v) is 9.31. The van der Waals surface area contributed by atoms with Crippen LogP contribution in [0.5, 0.6) is 0 Å². The molecule has 1 aromatic rings. The van der Waals surface area contributed by atoms with Gasteiger partial charge >= 0.3 is 0 Å². The minimum atomic E-state index is -3.63. The zero-order valence-electron chi connectivity index (χ0n) is 13.9. The zero-order valence-corrected chi connectivity index (χ0v) is 15.5. The summed E-state index contributed by atoms with van der Waals surface area (Å²) in [4.78, 5) is 14.1. The Hall–Kier alpha value is -1.18. The number of hydrogen-bond donors (Lipinski definition) is 1. The molecular formula is C16H24ClFN2O3S. The number of benzene rings is 1. The highest BCUT2D eigenvalue weighted by molar-refractivity contribution is 7.92. The molecule has 1 heterocycles. The van der Waals surface area contributed by atoms with E-state index in [2.05, 4.69) is 5.32 Å². The Kier molecular flexibility index (Phi) is 7.63. The van der Waals surface area contributed by atoms with Crippen LogP contribution in [0.3, 0.4) is 0 Å². The summed E-state index contributed by atoms with van der Waals surface area (Å²) in [5.74, 6) is -0.199. The fraction of sp³-hybridized carbons (Fsp3) is 0.562. The predicted molar refractivity (Wildman–Crippen MR) is 93.5 cm³/mol. The molecule has 0 radical (unpaired) electrons. The van der Waals surface area contributed by atoms with Crippen molar-refractivity contribution in [2.75, 3.05) is 26.7 Å². The van der Waals surface area contributed by atoms with Gasteiger partial charge in [-0.2, -0.15) is 0 Å². The minimum Gasteiger partial charge on any atom is -0.342 e. The van der Waals surface area contributed by atoms with Crippen molar-refractivity contribution in [2.24, 2.45) is 5.92 Å². The van der Waals surface area contributed by atoms with E-state index in [1.54, 1.807) is 4.90 Å². The summed E-state index contributed by atoms with van der Waals surface area (Å²) < 4.78 is 37.8. The summed E-state index contributed by atoms with van der Waals surface area (Å²) in [6.07, 6.45) is 0.887. The van der Waals surface area contributed by atoms with Crippen LogP contribution in [0.1, 0.15) is 19.8 Å². The molecule has 0 aliphatic carbocycles. The quantitative estimate of drug-likeness (QED) is 0.767. The van der Waals surface area contributed by atoms with E-state index in [0.717, 1.165) is 25.1 Å². The highest BCUT2D eigenvalue weighted by Crippen LogP contribution is 2.22. The van der Waals surface area contributed by atoms with Crippen molar-refractivity contribution in [2.45, 2.75) is 29.9 Å². The Labute approximate surface area is 148 Å². The molecule has 24 heavy (non-hydrogen) atoms. The number of nitrogens with zero attached hydrogens (tertiary/aromatic N) is 1. The molecule has 1 N–H and O–H groups in total. The number of hydrogen-bond acceptors (Lipinski definition) is 4. The lowest BCUT2D eigenvalue weighted by atomic mass is 10.1. The highest BCUT2D eigenvalue weighted by Gasteiger charge is 2.30. The predicted octanol–water partition coefficient (Wildman–Crippen LogP) is 1.87. The standard InChI is InChI=1S/C16H23FN2O3S.ClH/c1-12(23(21,22)15-5-3-14(17)4-6-15)9-16(20)19-8-7-13(11-19)10-18-2;/h3-6,12-13,18H,7-11H2,1-2H3;1H. The first-order valence-electron chi connectivity index (χ1n) is 7.76. The Bertz CT molecular complexity index is 652. The topological polar surface area (TPSA) is 66.5 Å². The van der Waals surface area contributed by atoms with E-state index in [9.17, 15) is 17.6 Å². The minimum absolute atomic E-state index is 0. The lowest BCUT2D eigenvalue weighted by Crippen LogP contribution is -2.34. The fourth-order valence-electron chi connectivity index (χ4n) is 2.86. The third-order valence-electron chi connectivity index (χ3n) is 4.27. The second-order valence-electron chi connectivity index (χ2n) is 6.07. The Balaban J connectivity index is 0.00000288. The Morgan fingerprint density at radius 3 is 2.58 bits per heavy atom. The van der Waals surface area contributed by atoms with Crippen LogP contribution in [0.15, 0.2) is 29.2 Å². The van der Waals surface area contributed by atoms with Gasteiger partial charge in [0, 0.05) is 19.5 Å². The maximum absolute atomic E-state index is 12.9. The SMILES string of the molecule is CNCC1CCN(C(=O)CC(C)S(=O)(=O)c2ccc(F)cc2)C1.Cl. The number of amides is 1. The molecule has 0 bridgehead atoms. The van der Waals surface area contributed by atoms with Gasteiger partial charge in [-0.1, -0.05) is 0 Å². The largest absolute Gasteiger partial charge is 0.342 e. The molecule has 5 nitrogen and oxygen atoms in total. The monoisotopic (exact) mass is 378 g/mol. The zero-order chi connectivity index (χ0) is 17.0. The Morgan fingerprint density at radius 1 is 1.38 bits per heavy atom. The van der Waals surface area contributed by atoms with Gasteiger partial charge in [0.1, 0.15) is 5.82 Å². The van der Waals surface area contributed by atoms with Crippen molar-refractivity contribution >= 4 is 28.2 Å². The summed E-state index contributed by atoms with van der Waals surface area (Å²) in [5, 5.41) is 2.27. The fourth-order valence-corrected chi connectivity index (χ4v) is 4.20. The molecule has 2 atom stereocenters. The lowest BCUT2D eigenvalue weighted by molar-refractivity contribution is -0.130. The number of rotatable bonds is 6. The second-order valence-corrected chi connectivity index (χ2v) is 8.43. The maximum Gasteiger partial charge on any atom is 0.223 e. The van der Waals surface area contributed by atoms with Crippen LogP contribution in [0.4, 0.5) is 4.39 Å². The van der Waals surface area contributed by atoms with Crippen molar-refractivity contribution < 1.29 is 17.6 Å². The molecular weight excluding hydrogens is 355 g/mol. The Morgan fingerprint density at radius 2 is 2.00 bits per heavy atom. The van der Waals surface area contributed by atoms with Crippen molar-refractivity contribution in [3.05, 3.63) is 30.1 Å². The first-order chi connectivity index (χ1) is 10.8. The number of carbonyl (C=O) groups is 1. The van der Waals surface area contributed by atoms with E-state index in [1.807, 2.05) is 7.05 Å². The van der Waals surface area contributed by atoms with Gasteiger partial charge in [-0.15, -0.1) is 12.4 Å². The van der Waals surface area contributed by atoms with Crippen molar-refractivity contribution in [1.82, 2.24) is 10.2 Å². The number of sulfone groups is 1. The molecule has 0 saturated carbocycles. The molecule has 8 heteroatoms. The van der Waals surface area contributed by atoms with E-state index in [1.165, 1.54) is 19.1 Å². The third-order valence-corrected chi connectivity index (χ3v) is 6.42. The second kappa shape index (κ2) is 8.78. The molecule has 1 amide bonds. The summed E-state index contributed by atoms with van der Waals surface area (Å²) in [6.45, 7) is 3.72. The van der Waals surface area contributed by atoms with Crippen LogP contribution in [0, 0.1) is 11.7 Å². The molecule has 0 aromatic heterocycles. The molecule has 0 spiro atoms. The smallest absolute Gasteiger partial charge is 0.223 e. The molecule has 136 valence electrons. The molecule has 1 aliphatic heterocycles. The van der Waals surface area contributed by atoms with E-state index < -0.39 is 20.9 Å². The van der Waals surface area contributed by atoms with Gasteiger partial charge < -0.3 is 10.2 Å². The van der Waals surface area contributed by atoms with Crippen molar-refractivity contribution in [3.63, 3.8) is 0 Å². The molecule has 1 aliphatic rings. The average Bonchev–Trinajstić information content (AvgIpc) is 2.96. The highest BCUT2D eigenvalue weighted by atomic mass is 35.5. The molecule has 1 saturated heterocycles. The van der Waals surface area contributed by atoms with E-state index >= 15 is 0 Å². The van der Waals surface area contributed by atoms with Gasteiger partial charge in [0.2, 0.25) is 5.91 Å². The van der Waals surface area contributed by atoms with Gasteiger partial charge in [-0.05, 0) is 57.1 Å². The van der Waals surface area contributed by atoms with Crippen LogP contribution in [0.2, 0.25) is 0 Å². The van der Waals surface area contributed by atoms with Crippen LogP contribution in [-0.2, 0) is 14.6 Å². The number of halogens is 2. The molecule has 2 unspecified atom stereocenters. The van der Waals surface area contributed by atoms with E-state index in [-0.39, 0.29) is 29.6 Å². The van der Waals surface area contributed by atoms with Crippen LogP contribution < -0.4 is 5.32 Å². The van der Waals surface area contributed by atoms with Crippen LogP contribution in [-0.4, -0.2) is 51.2 Å². The van der Waals surface area contributed by atoms with Crippen LogP contribution in [0.25, 0.3) is 0 Å². The van der Waals surface area contributed by atoms with Gasteiger partial charge in [0.25, 0.3) is 0 Å². The van der Waals surface area contributed by atoms with Gasteiger partial charge in [-0.25, -0.2) is 12.8 Å². The summed E-state index contributed by atoms with van der Waals surface area (Å²) in [7, 11) is -1.75. The van der Waals surface area contributed by atoms with Gasteiger partial charge in [0.15, 0.2) is 9.84 Å². The summed E-state index contributed by atoms with van der Waals surface area (Å²) in [6, 6.07) is 4.71. The molecule has 1 aromatic carbocycles. The summed E-state index contributed by atoms with van der Waals surface area (Å²) in [5.41, 5.74) is 0. The average molecular weight is 379 g/mol. The third kappa shape index (κ3) is 4.91. The van der Waals surface area contributed by atoms with E-state index in [4.69, 9.17) is 0 Å². The van der Waals surface area contributed by atoms with Gasteiger partial charge in [-0.3, -0.25) is 4.79 Å². The van der Waals surface area contributed by atoms with Gasteiger partial charge in [0.05, 0.1) is 10.1 Å². The number of carbonyl (C=O) groups excluding carboxylic acids is 1. The lowest BCUT2D eigenvalue weighted by Gasteiger charge is -2.19. The first kappa shape index (κ1) is 20.9. The number of likely N-dealkylation sites (tertiary alicyclic amines) is 1. The van der Waals surface area contributed by atoms with Crippen LogP contribution >= 0.6 is 12.4 Å². The summed E-state index contributed by atoms with van der Waals surface area (Å²) >= 11 is 0. The molecule has 2 rings (SSSR count). The maximum atomic E-state index is 12.9. The number of nitrogens with one attached hydrogen (secondary N) is 1.